The summed E-state index contributed by atoms with van der Waals surface area (Å²) in [6.07, 6.45) is 1.32. The SMILES string of the molecule is COc1ccc(C(=O)Oc2ccc3c(c2)O/C(=C\c2ccccc2OC(F)F)C3=O)cc1. The number of ketones is 1. The summed E-state index contributed by atoms with van der Waals surface area (Å²) in [6.45, 7) is -3.00. The minimum Gasteiger partial charge on any atom is -0.497 e. The maximum absolute atomic E-state index is 12.6. The van der Waals surface area contributed by atoms with Crippen LogP contribution in [-0.2, 0) is 0 Å². The smallest absolute Gasteiger partial charge is 0.387 e. The third kappa shape index (κ3) is 4.44. The van der Waals surface area contributed by atoms with E-state index in [4.69, 9.17) is 14.2 Å². The van der Waals surface area contributed by atoms with Crippen LogP contribution in [0, 0.1) is 0 Å². The number of Topliss-reactive ketones (excluding diaryl/α,β-unsaturated/α-hetero) is 1. The van der Waals surface area contributed by atoms with Gasteiger partial charge in [-0.25, -0.2) is 4.79 Å². The van der Waals surface area contributed by atoms with Crippen LogP contribution in [0.25, 0.3) is 6.08 Å². The van der Waals surface area contributed by atoms with Crippen molar-refractivity contribution in [3.05, 3.63) is 89.2 Å². The zero-order valence-electron chi connectivity index (χ0n) is 16.7. The van der Waals surface area contributed by atoms with Gasteiger partial charge in [0.25, 0.3) is 0 Å². The Morgan fingerprint density at radius 2 is 1.72 bits per heavy atom. The summed E-state index contributed by atoms with van der Waals surface area (Å²) in [5.41, 5.74) is 0.836. The van der Waals surface area contributed by atoms with E-state index in [1.165, 1.54) is 49.6 Å². The van der Waals surface area contributed by atoms with Crippen molar-refractivity contribution in [2.75, 3.05) is 7.11 Å². The number of halogens is 2. The van der Waals surface area contributed by atoms with Crippen molar-refractivity contribution in [2.45, 2.75) is 6.61 Å². The van der Waals surface area contributed by atoms with Crippen LogP contribution < -0.4 is 18.9 Å². The Bertz CT molecular complexity index is 1200. The number of ether oxygens (including phenoxy) is 4. The molecule has 0 aromatic heterocycles. The topological polar surface area (TPSA) is 71.1 Å². The maximum atomic E-state index is 12.6. The van der Waals surface area contributed by atoms with Crippen LogP contribution in [-0.4, -0.2) is 25.5 Å². The van der Waals surface area contributed by atoms with Gasteiger partial charge in [0.05, 0.1) is 18.2 Å². The van der Waals surface area contributed by atoms with Gasteiger partial charge in [-0.1, -0.05) is 18.2 Å². The average molecular weight is 438 g/mol. The average Bonchev–Trinajstić information content (AvgIpc) is 3.09. The molecule has 4 rings (SSSR count). The number of rotatable bonds is 6. The van der Waals surface area contributed by atoms with E-state index < -0.39 is 18.4 Å². The van der Waals surface area contributed by atoms with Gasteiger partial charge in [-0.05, 0) is 48.5 Å². The molecule has 0 atom stereocenters. The quantitative estimate of drug-likeness (QED) is 0.302. The third-order valence-corrected chi connectivity index (χ3v) is 4.60. The molecule has 8 heteroatoms. The van der Waals surface area contributed by atoms with Crippen molar-refractivity contribution in [1.82, 2.24) is 0 Å². The molecule has 6 nitrogen and oxygen atoms in total. The summed E-state index contributed by atoms with van der Waals surface area (Å²) in [5.74, 6) is -0.203. The van der Waals surface area contributed by atoms with Crippen LogP contribution in [0.2, 0.25) is 0 Å². The molecule has 0 spiro atoms. The van der Waals surface area contributed by atoms with E-state index in [9.17, 15) is 18.4 Å². The number of benzene rings is 3. The van der Waals surface area contributed by atoms with Gasteiger partial charge in [0.2, 0.25) is 5.78 Å². The van der Waals surface area contributed by atoms with E-state index in [1.807, 2.05) is 0 Å². The van der Waals surface area contributed by atoms with Crippen molar-refractivity contribution in [2.24, 2.45) is 0 Å². The number of hydrogen-bond donors (Lipinski definition) is 0. The lowest BCUT2D eigenvalue weighted by molar-refractivity contribution is -0.0500. The molecular weight excluding hydrogens is 422 g/mol. The van der Waals surface area contributed by atoms with Gasteiger partial charge in [0, 0.05) is 11.6 Å². The standard InChI is InChI=1S/C24H16F2O6/c1-29-16-8-6-14(7-9-16)23(28)30-17-10-11-18-20(13-17)31-21(22(18)27)12-15-4-2-3-5-19(15)32-24(25)26/h2-13,24H,1H3/b21-12-. The number of fused-ring (bicyclic) bond motifs is 1. The number of allylic oxidation sites excluding steroid dienone is 1. The number of alkyl halides is 2. The Morgan fingerprint density at radius 3 is 2.44 bits per heavy atom. The summed E-state index contributed by atoms with van der Waals surface area (Å²) in [4.78, 5) is 25.0. The van der Waals surface area contributed by atoms with E-state index in [1.54, 1.807) is 30.3 Å². The molecule has 0 saturated heterocycles. The first kappa shape index (κ1) is 21.0. The second-order valence-corrected chi connectivity index (χ2v) is 6.63. The van der Waals surface area contributed by atoms with E-state index in [-0.39, 0.29) is 34.1 Å². The zero-order chi connectivity index (χ0) is 22.7. The minimum atomic E-state index is -3.00. The molecule has 3 aromatic carbocycles. The molecule has 0 aliphatic carbocycles. The van der Waals surface area contributed by atoms with Gasteiger partial charge in [0.15, 0.2) is 5.76 Å². The summed E-state index contributed by atoms with van der Waals surface area (Å²) in [7, 11) is 1.52. The van der Waals surface area contributed by atoms with Crippen molar-refractivity contribution in [1.29, 1.82) is 0 Å². The van der Waals surface area contributed by atoms with Gasteiger partial charge in [0.1, 0.15) is 23.0 Å². The first-order valence-corrected chi connectivity index (χ1v) is 9.43. The van der Waals surface area contributed by atoms with Crippen molar-refractivity contribution in [3.63, 3.8) is 0 Å². The van der Waals surface area contributed by atoms with E-state index in [0.29, 0.717) is 11.3 Å². The highest BCUT2D eigenvalue weighted by Crippen LogP contribution is 2.36. The number of carbonyl (C=O) groups excluding carboxylic acids is 2. The molecule has 32 heavy (non-hydrogen) atoms. The fourth-order valence-electron chi connectivity index (χ4n) is 3.07. The predicted molar refractivity (Wildman–Crippen MR) is 110 cm³/mol. The fourth-order valence-corrected chi connectivity index (χ4v) is 3.07. The van der Waals surface area contributed by atoms with Crippen LogP contribution in [0.5, 0.6) is 23.0 Å². The van der Waals surface area contributed by atoms with E-state index in [0.717, 1.165) is 0 Å². The second kappa shape index (κ2) is 8.89. The molecular formula is C24H16F2O6. The van der Waals surface area contributed by atoms with Gasteiger partial charge in [-0.15, -0.1) is 0 Å². The zero-order valence-corrected chi connectivity index (χ0v) is 16.7. The molecule has 0 N–H and O–H groups in total. The highest BCUT2D eigenvalue weighted by atomic mass is 19.3. The Morgan fingerprint density at radius 1 is 1.00 bits per heavy atom. The van der Waals surface area contributed by atoms with Crippen molar-refractivity contribution in [3.8, 4) is 23.0 Å². The summed E-state index contributed by atoms with van der Waals surface area (Å²) < 4.78 is 45.7. The second-order valence-electron chi connectivity index (χ2n) is 6.63. The van der Waals surface area contributed by atoms with Crippen LogP contribution in [0.1, 0.15) is 26.3 Å². The Kier molecular flexibility index (Phi) is 5.85. The number of para-hydroxylation sites is 1. The largest absolute Gasteiger partial charge is 0.497 e. The van der Waals surface area contributed by atoms with Gasteiger partial charge in [-0.3, -0.25) is 4.79 Å². The van der Waals surface area contributed by atoms with Gasteiger partial charge >= 0.3 is 12.6 Å². The lowest BCUT2D eigenvalue weighted by Gasteiger charge is -2.08. The van der Waals surface area contributed by atoms with Crippen molar-refractivity contribution >= 4 is 17.8 Å². The van der Waals surface area contributed by atoms with Gasteiger partial charge in [-0.2, -0.15) is 8.78 Å². The summed E-state index contributed by atoms with van der Waals surface area (Å²) >= 11 is 0. The summed E-state index contributed by atoms with van der Waals surface area (Å²) in [6, 6.07) is 16.8. The normalized spacial score (nSPS) is 13.6. The molecule has 1 aliphatic heterocycles. The van der Waals surface area contributed by atoms with Gasteiger partial charge < -0.3 is 18.9 Å². The highest BCUT2D eigenvalue weighted by molar-refractivity contribution is 6.14. The minimum absolute atomic E-state index is 0.0658. The molecule has 0 unspecified atom stereocenters. The monoisotopic (exact) mass is 438 g/mol. The summed E-state index contributed by atoms with van der Waals surface area (Å²) in [5, 5.41) is 0. The lowest BCUT2D eigenvalue weighted by Crippen LogP contribution is -2.08. The molecule has 3 aromatic rings. The predicted octanol–water partition coefficient (Wildman–Crippen LogP) is 5.13. The highest BCUT2D eigenvalue weighted by Gasteiger charge is 2.28. The Balaban J connectivity index is 1.53. The van der Waals surface area contributed by atoms with Crippen LogP contribution in [0.4, 0.5) is 8.78 Å². The maximum Gasteiger partial charge on any atom is 0.387 e. The Labute approximate surface area is 181 Å². The van der Waals surface area contributed by atoms with E-state index >= 15 is 0 Å². The molecule has 0 amide bonds. The molecule has 1 aliphatic rings. The Hall–Kier alpha value is -4.20. The molecule has 0 bridgehead atoms. The lowest BCUT2D eigenvalue weighted by atomic mass is 10.1. The number of hydrogen-bond acceptors (Lipinski definition) is 6. The molecule has 1 heterocycles. The van der Waals surface area contributed by atoms with Crippen LogP contribution in [0.15, 0.2) is 72.5 Å². The molecule has 0 radical (unpaired) electrons. The van der Waals surface area contributed by atoms with E-state index in [2.05, 4.69) is 4.74 Å². The first-order valence-electron chi connectivity index (χ1n) is 9.43. The van der Waals surface area contributed by atoms with Crippen molar-refractivity contribution < 1.29 is 37.3 Å². The number of methoxy groups -OCH3 is 1. The molecule has 162 valence electrons. The first-order chi connectivity index (χ1) is 15.4. The molecule has 0 saturated carbocycles. The van der Waals surface area contributed by atoms with Crippen LogP contribution >= 0.6 is 0 Å². The fraction of sp³-hybridized carbons (Fsp3) is 0.0833. The third-order valence-electron chi connectivity index (χ3n) is 4.60. The van der Waals surface area contributed by atoms with Crippen LogP contribution in [0.3, 0.4) is 0 Å². The molecule has 0 fully saturated rings. The number of esters is 1. The number of carbonyl (C=O) groups is 2.